The first kappa shape index (κ1) is 11.0. The van der Waals surface area contributed by atoms with Crippen LogP contribution in [0.25, 0.3) is 11.0 Å². The highest BCUT2D eigenvalue weighted by Crippen LogP contribution is 2.16. The largest absolute Gasteiger partial charge is 0.372 e. The fraction of sp³-hybridized carbons (Fsp3) is 0.300. The first-order chi connectivity index (χ1) is 7.70. The lowest BCUT2D eigenvalue weighted by molar-refractivity contribution is 0.123. The Morgan fingerprint density at radius 2 is 2.06 bits per heavy atom. The number of fused-ring (bicyclic) bond motifs is 1. The first-order valence-corrected chi connectivity index (χ1v) is 4.82. The van der Waals surface area contributed by atoms with Gasteiger partial charge in [-0.15, -0.1) is 0 Å². The Balaban J connectivity index is 2.23. The van der Waals surface area contributed by atoms with Crippen molar-refractivity contribution in [3.63, 3.8) is 0 Å². The molecule has 0 atom stereocenters. The number of aromatic amines is 1. The molecule has 0 spiro atoms. The SMILES string of the molecule is NCCOCc1nc2cc(F)c(F)cc2[nH]1. The third-order valence-electron chi connectivity index (χ3n) is 2.07. The van der Waals surface area contributed by atoms with E-state index in [1.807, 2.05) is 0 Å². The summed E-state index contributed by atoms with van der Waals surface area (Å²) in [6.07, 6.45) is 0. The lowest BCUT2D eigenvalue weighted by Crippen LogP contribution is -2.08. The van der Waals surface area contributed by atoms with E-state index in [0.717, 1.165) is 12.1 Å². The fourth-order valence-corrected chi connectivity index (χ4v) is 1.38. The Hall–Kier alpha value is -1.53. The van der Waals surface area contributed by atoms with Gasteiger partial charge in [0, 0.05) is 18.7 Å². The Kier molecular flexibility index (Phi) is 3.12. The standard InChI is InChI=1S/C10H11F2N3O/c11-6-3-8-9(4-7(6)12)15-10(14-8)5-16-2-1-13/h3-4H,1-2,5,13H2,(H,14,15). The van der Waals surface area contributed by atoms with Crippen LogP contribution < -0.4 is 5.73 Å². The van der Waals surface area contributed by atoms with Crippen LogP contribution in [0.5, 0.6) is 0 Å². The van der Waals surface area contributed by atoms with E-state index >= 15 is 0 Å². The molecule has 2 aromatic rings. The molecule has 0 aliphatic carbocycles. The minimum Gasteiger partial charge on any atom is -0.372 e. The van der Waals surface area contributed by atoms with E-state index < -0.39 is 11.6 Å². The number of rotatable bonds is 4. The molecule has 6 heteroatoms. The summed E-state index contributed by atoms with van der Waals surface area (Å²) in [5, 5.41) is 0. The van der Waals surface area contributed by atoms with Crippen molar-refractivity contribution >= 4 is 11.0 Å². The number of imidazole rings is 1. The number of hydrogen-bond donors (Lipinski definition) is 2. The van der Waals surface area contributed by atoms with Gasteiger partial charge < -0.3 is 15.5 Å². The number of nitrogens with two attached hydrogens (primary N) is 1. The second-order valence-electron chi connectivity index (χ2n) is 3.31. The number of ether oxygens (including phenoxy) is 1. The quantitative estimate of drug-likeness (QED) is 0.774. The average molecular weight is 227 g/mol. The van der Waals surface area contributed by atoms with Gasteiger partial charge in [0.25, 0.3) is 0 Å². The van der Waals surface area contributed by atoms with Crippen molar-refractivity contribution in [3.05, 3.63) is 29.6 Å². The Bertz CT molecular complexity index is 459. The molecule has 0 bridgehead atoms. The van der Waals surface area contributed by atoms with E-state index in [1.165, 1.54) is 0 Å². The Labute approximate surface area is 90.4 Å². The zero-order valence-corrected chi connectivity index (χ0v) is 8.46. The molecule has 86 valence electrons. The summed E-state index contributed by atoms with van der Waals surface area (Å²) in [6, 6.07) is 2.12. The highest BCUT2D eigenvalue weighted by Gasteiger charge is 2.08. The number of nitrogens with zero attached hydrogens (tertiary/aromatic N) is 1. The van der Waals surface area contributed by atoms with Crippen molar-refractivity contribution in [2.45, 2.75) is 6.61 Å². The molecular formula is C10H11F2N3O. The van der Waals surface area contributed by atoms with Gasteiger partial charge in [-0.3, -0.25) is 0 Å². The third-order valence-corrected chi connectivity index (χ3v) is 2.07. The summed E-state index contributed by atoms with van der Waals surface area (Å²) >= 11 is 0. The molecule has 0 fully saturated rings. The molecule has 0 saturated heterocycles. The lowest BCUT2D eigenvalue weighted by atomic mass is 10.3. The third kappa shape index (κ3) is 2.17. The molecule has 0 radical (unpaired) electrons. The second kappa shape index (κ2) is 4.54. The number of benzene rings is 1. The molecule has 0 amide bonds. The zero-order valence-electron chi connectivity index (χ0n) is 8.46. The van der Waals surface area contributed by atoms with Gasteiger partial charge in [-0.05, 0) is 0 Å². The summed E-state index contributed by atoms with van der Waals surface area (Å²) in [4.78, 5) is 6.90. The van der Waals surface area contributed by atoms with Gasteiger partial charge in [-0.1, -0.05) is 0 Å². The summed E-state index contributed by atoms with van der Waals surface area (Å²) in [5.41, 5.74) is 6.08. The predicted octanol–water partition coefficient (Wildman–Crippen LogP) is 1.32. The maximum atomic E-state index is 12.9. The molecule has 0 aliphatic rings. The molecule has 1 aromatic carbocycles. The van der Waals surface area contributed by atoms with Crippen LogP contribution in [0.3, 0.4) is 0 Å². The van der Waals surface area contributed by atoms with Crippen LogP contribution in [0, 0.1) is 11.6 Å². The van der Waals surface area contributed by atoms with Crippen LogP contribution >= 0.6 is 0 Å². The van der Waals surface area contributed by atoms with Crippen molar-refractivity contribution in [1.29, 1.82) is 0 Å². The summed E-state index contributed by atoms with van der Waals surface area (Å²) in [7, 11) is 0. The second-order valence-corrected chi connectivity index (χ2v) is 3.31. The highest BCUT2D eigenvalue weighted by molar-refractivity contribution is 5.75. The van der Waals surface area contributed by atoms with Crippen molar-refractivity contribution in [1.82, 2.24) is 9.97 Å². The average Bonchev–Trinajstić information content (AvgIpc) is 2.61. The van der Waals surface area contributed by atoms with E-state index in [4.69, 9.17) is 10.5 Å². The summed E-state index contributed by atoms with van der Waals surface area (Å²) in [6.45, 7) is 1.08. The number of H-pyrrole nitrogens is 1. The van der Waals surface area contributed by atoms with Crippen LogP contribution in [0.2, 0.25) is 0 Å². The number of halogens is 2. The van der Waals surface area contributed by atoms with Gasteiger partial charge in [0.05, 0.1) is 17.6 Å². The smallest absolute Gasteiger partial charge is 0.161 e. The zero-order chi connectivity index (χ0) is 11.5. The molecule has 0 aliphatic heterocycles. The normalized spacial score (nSPS) is 11.2. The summed E-state index contributed by atoms with van der Waals surface area (Å²) in [5.74, 6) is -1.28. The molecule has 16 heavy (non-hydrogen) atoms. The van der Waals surface area contributed by atoms with Gasteiger partial charge in [-0.25, -0.2) is 13.8 Å². The number of aromatic nitrogens is 2. The molecule has 0 saturated carbocycles. The van der Waals surface area contributed by atoms with Crippen LogP contribution in [-0.4, -0.2) is 23.1 Å². The maximum Gasteiger partial charge on any atom is 0.161 e. The molecule has 4 nitrogen and oxygen atoms in total. The molecule has 2 rings (SSSR count). The molecular weight excluding hydrogens is 216 g/mol. The van der Waals surface area contributed by atoms with E-state index in [1.54, 1.807) is 0 Å². The molecule has 3 N–H and O–H groups in total. The highest BCUT2D eigenvalue weighted by atomic mass is 19.2. The summed E-state index contributed by atoms with van der Waals surface area (Å²) < 4.78 is 30.9. The number of hydrogen-bond acceptors (Lipinski definition) is 3. The van der Waals surface area contributed by atoms with Gasteiger partial charge >= 0.3 is 0 Å². The van der Waals surface area contributed by atoms with Crippen molar-refractivity contribution < 1.29 is 13.5 Å². The monoisotopic (exact) mass is 227 g/mol. The van der Waals surface area contributed by atoms with Crippen molar-refractivity contribution in [3.8, 4) is 0 Å². The Morgan fingerprint density at radius 3 is 2.81 bits per heavy atom. The van der Waals surface area contributed by atoms with Crippen LogP contribution in [0.1, 0.15) is 5.82 Å². The Morgan fingerprint density at radius 1 is 1.31 bits per heavy atom. The lowest BCUT2D eigenvalue weighted by Gasteiger charge is -1.97. The topological polar surface area (TPSA) is 63.9 Å². The van der Waals surface area contributed by atoms with Gasteiger partial charge in [0.15, 0.2) is 11.6 Å². The van der Waals surface area contributed by atoms with E-state index in [-0.39, 0.29) is 6.61 Å². The van der Waals surface area contributed by atoms with Gasteiger partial charge in [0.1, 0.15) is 12.4 Å². The minimum absolute atomic E-state index is 0.245. The van der Waals surface area contributed by atoms with Crippen molar-refractivity contribution in [2.75, 3.05) is 13.2 Å². The van der Waals surface area contributed by atoms with Crippen molar-refractivity contribution in [2.24, 2.45) is 5.73 Å². The van der Waals surface area contributed by atoms with Crippen LogP contribution in [0.15, 0.2) is 12.1 Å². The van der Waals surface area contributed by atoms with E-state index in [0.29, 0.717) is 30.0 Å². The van der Waals surface area contributed by atoms with E-state index in [9.17, 15) is 8.78 Å². The molecule has 1 heterocycles. The van der Waals surface area contributed by atoms with E-state index in [2.05, 4.69) is 9.97 Å². The fourth-order valence-electron chi connectivity index (χ4n) is 1.38. The minimum atomic E-state index is -0.909. The maximum absolute atomic E-state index is 12.9. The van der Waals surface area contributed by atoms with Gasteiger partial charge in [-0.2, -0.15) is 0 Å². The van der Waals surface area contributed by atoms with Crippen LogP contribution in [-0.2, 0) is 11.3 Å². The predicted molar refractivity (Wildman–Crippen MR) is 54.7 cm³/mol. The van der Waals surface area contributed by atoms with Crippen LogP contribution in [0.4, 0.5) is 8.78 Å². The molecule has 0 unspecified atom stereocenters. The van der Waals surface area contributed by atoms with Gasteiger partial charge in [0.2, 0.25) is 0 Å². The number of nitrogens with one attached hydrogen (secondary N) is 1. The first-order valence-electron chi connectivity index (χ1n) is 4.82. The molecule has 1 aromatic heterocycles.